The monoisotopic (exact) mass is 348 g/mol. The minimum atomic E-state index is -0.781. The van der Waals surface area contributed by atoms with Gasteiger partial charge in [-0.1, -0.05) is 0 Å². The van der Waals surface area contributed by atoms with Gasteiger partial charge in [-0.25, -0.2) is 4.98 Å². The number of aliphatic carboxylic acids is 1. The molecule has 1 N–H and O–H groups in total. The first-order valence-corrected chi connectivity index (χ1v) is 8.66. The van der Waals surface area contributed by atoms with Gasteiger partial charge in [0.15, 0.2) is 0 Å². The number of aromatic nitrogens is 1. The van der Waals surface area contributed by atoms with E-state index < -0.39 is 11.9 Å². The number of aryl methyl sites for hydroxylation is 1. The molecule has 7 nitrogen and oxygen atoms in total. The molecule has 2 atom stereocenters. The molecule has 1 unspecified atom stereocenters. The van der Waals surface area contributed by atoms with E-state index in [1.54, 1.807) is 17.0 Å². The average Bonchev–Trinajstić information content (AvgIpc) is 3.11. The summed E-state index contributed by atoms with van der Waals surface area (Å²) in [6, 6.07) is 3.54. The van der Waals surface area contributed by atoms with Gasteiger partial charge in [0.25, 0.3) is 5.91 Å². The van der Waals surface area contributed by atoms with Gasteiger partial charge >= 0.3 is 5.97 Å². The van der Waals surface area contributed by atoms with Gasteiger partial charge < -0.3 is 19.5 Å². The minimum absolute atomic E-state index is 0.0927. The Morgan fingerprint density at radius 1 is 1.28 bits per heavy atom. The Bertz CT molecular complexity index is 655. The standard InChI is InChI=1S/C18H24N2O5/c1-11-3-4-14(16(19-11)24-2)17(21)20-8-5-12(6-9-20)15-13(18(22)23)7-10-25-15/h3-4,12-13,15H,5-10H2,1-2H3,(H,22,23)/t13?,15-/m0/s1. The van der Waals surface area contributed by atoms with Crippen LogP contribution in [0.2, 0.25) is 0 Å². The van der Waals surface area contributed by atoms with Crippen molar-refractivity contribution in [2.75, 3.05) is 26.8 Å². The van der Waals surface area contributed by atoms with Crippen molar-refractivity contribution in [2.45, 2.75) is 32.3 Å². The Labute approximate surface area is 146 Å². The topological polar surface area (TPSA) is 89.0 Å². The maximum absolute atomic E-state index is 12.8. The molecule has 1 aromatic heterocycles. The number of carboxylic acids is 1. The molecule has 2 saturated heterocycles. The molecule has 1 aromatic rings. The van der Waals surface area contributed by atoms with Crippen LogP contribution in [-0.2, 0) is 9.53 Å². The van der Waals surface area contributed by atoms with Gasteiger partial charge in [-0.3, -0.25) is 9.59 Å². The van der Waals surface area contributed by atoms with Crippen molar-refractivity contribution in [1.82, 2.24) is 9.88 Å². The molecule has 2 fully saturated rings. The number of amides is 1. The normalized spacial score (nSPS) is 24.3. The smallest absolute Gasteiger partial charge is 0.309 e. The molecule has 0 radical (unpaired) electrons. The number of pyridine rings is 1. The van der Waals surface area contributed by atoms with Gasteiger partial charge in [-0.2, -0.15) is 0 Å². The fourth-order valence-corrected chi connectivity index (χ4v) is 3.79. The van der Waals surface area contributed by atoms with Gasteiger partial charge in [-0.05, 0) is 44.2 Å². The first-order valence-electron chi connectivity index (χ1n) is 8.66. The summed E-state index contributed by atoms with van der Waals surface area (Å²) >= 11 is 0. The quantitative estimate of drug-likeness (QED) is 0.891. The highest BCUT2D eigenvalue weighted by Gasteiger charge is 2.41. The van der Waals surface area contributed by atoms with Gasteiger partial charge in [-0.15, -0.1) is 0 Å². The van der Waals surface area contributed by atoms with Crippen molar-refractivity contribution < 1.29 is 24.2 Å². The summed E-state index contributed by atoms with van der Waals surface area (Å²) in [6.45, 7) is 3.54. The van der Waals surface area contributed by atoms with Crippen LogP contribution in [0.4, 0.5) is 0 Å². The molecule has 3 rings (SSSR count). The van der Waals surface area contributed by atoms with E-state index in [1.165, 1.54) is 7.11 Å². The summed E-state index contributed by atoms with van der Waals surface area (Å²) in [5.41, 5.74) is 1.26. The second-order valence-electron chi connectivity index (χ2n) is 6.71. The molecule has 0 aromatic carbocycles. The van der Waals surface area contributed by atoms with E-state index in [0.717, 1.165) is 18.5 Å². The molecule has 0 aliphatic carbocycles. The Hall–Kier alpha value is -2.15. The third kappa shape index (κ3) is 3.61. The van der Waals surface area contributed by atoms with E-state index in [0.29, 0.717) is 37.6 Å². The molecule has 25 heavy (non-hydrogen) atoms. The van der Waals surface area contributed by atoms with Crippen LogP contribution in [-0.4, -0.2) is 59.8 Å². The third-order valence-corrected chi connectivity index (χ3v) is 5.17. The zero-order valence-corrected chi connectivity index (χ0v) is 14.6. The molecule has 2 aliphatic heterocycles. The van der Waals surface area contributed by atoms with Gasteiger partial charge in [0.05, 0.1) is 19.1 Å². The Kier molecular flexibility index (Phi) is 5.22. The summed E-state index contributed by atoms with van der Waals surface area (Å²) in [4.78, 5) is 30.2. The van der Waals surface area contributed by atoms with Crippen LogP contribution in [0.15, 0.2) is 12.1 Å². The first kappa shape index (κ1) is 17.7. The van der Waals surface area contributed by atoms with E-state index >= 15 is 0 Å². The number of nitrogens with zero attached hydrogens (tertiary/aromatic N) is 2. The molecule has 0 saturated carbocycles. The number of carboxylic acid groups (broad SMARTS) is 1. The Balaban J connectivity index is 1.64. The summed E-state index contributed by atoms with van der Waals surface area (Å²) < 4.78 is 10.9. The fourth-order valence-electron chi connectivity index (χ4n) is 3.79. The van der Waals surface area contributed by atoms with Crippen LogP contribution in [0, 0.1) is 18.8 Å². The second-order valence-corrected chi connectivity index (χ2v) is 6.71. The number of likely N-dealkylation sites (tertiary alicyclic amines) is 1. The average molecular weight is 348 g/mol. The Morgan fingerprint density at radius 2 is 2.00 bits per heavy atom. The lowest BCUT2D eigenvalue weighted by Crippen LogP contribution is -2.43. The summed E-state index contributed by atoms with van der Waals surface area (Å²) in [6.07, 6.45) is 1.85. The molecule has 0 spiro atoms. The maximum atomic E-state index is 12.8. The number of methoxy groups -OCH3 is 1. The predicted molar refractivity (Wildman–Crippen MR) is 89.6 cm³/mol. The fraction of sp³-hybridized carbons (Fsp3) is 0.611. The molecular weight excluding hydrogens is 324 g/mol. The van der Waals surface area contributed by atoms with E-state index in [1.807, 2.05) is 6.92 Å². The zero-order valence-electron chi connectivity index (χ0n) is 14.6. The van der Waals surface area contributed by atoms with Gasteiger partial charge in [0, 0.05) is 25.4 Å². The predicted octanol–water partition coefficient (Wildman–Crippen LogP) is 1.74. The molecule has 2 aliphatic rings. The highest BCUT2D eigenvalue weighted by Crippen LogP contribution is 2.33. The molecule has 136 valence electrons. The number of carbonyl (C=O) groups excluding carboxylic acids is 1. The minimum Gasteiger partial charge on any atom is -0.481 e. The molecule has 3 heterocycles. The van der Waals surface area contributed by atoms with Crippen LogP contribution >= 0.6 is 0 Å². The first-order chi connectivity index (χ1) is 12.0. The second kappa shape index (κ2) is 7.39. The lowest BCUT2D eigenvalue weighted by molar-refractivity contribution is -0.145. The third-order valence-electron chi connectivity index (χ3n) is 5.17. The van der Waals surface area contributed by atoms with Crippen molar-refractivity contribution in [2.24, 2.45) is 11.8 Å². The number of ether oxygens (including phenoxy) is 2. The van der Waals surface area contributed by atoms with Crippen molar-refractivity contribution in [1.29, 1.82) is 0 Å². The van der Waals surface area contributed by atoms with Crippen LogP contribution in [0.5, 0.6) is 5.88 Å². The zero-order chi connectivity index (χ0) is 18.0. The highest BCUT2D eigenvalue weighted by molar-refractivity contribution is 5.96. The van der Waals surface area contributed by atoms with Crippen molar-refractivity contribution >= 4 is 11.9 Å². The highest BCUT2D eigenvalue weighted by atomic mass is 16.5. The SMILES string of the molecule is COc1nc(C)ccc1C(=O)N1CCC([C@@H]2OCCC2C(=O)O)CC1. The van der Waals surface area contributed by atoms with E-state index in [4.69, 9.17) is 9.47 Å². The van der Waals surface area contributed by atoms with Gasteiger partial charge in [0.2, 0.25) is 5.88 Å². The number of carbonyl (C=O) groups is 2. The maximum Gasteiger partial charge on any atom is 0.309 e. The van der Waals surface area contributed by atoms with Crippen molar-refractivity contribution in [3.05, 3.63) is 23.4 Å². The number of hydrogen-bond acceptors (Lipinski definition) is 5. The summed E-state index contributed by atoms with van der Waals surface area (Å²) in [7, 11) is 1.51. The van der Waals surface area contributed by atoms with Crippen LogP contribution in [0.1, 0.15) is 35.3 Å². The number of hydrogen-bond donors (Lipinski definition) is 1. The van der Waals surface area contributed by atoms with Crippen molar-refractivity contribution in [3.8, 4) is 5.88 Å². The van der Waals surface area contributed by atoms with Crippen LogP contribution < -0.4 is 4.74 Å². The van der Waals surface area contributed by atoms with Crippen LogP contribution in [0.25, 0.3) is 0 Å². The molecule has 7 heteroatoms. The lowest BCUT2D eigenvalue weighted by atomic mass is 9.84. The van der Waals surface area contributed by atoms with Crippen molar-refractivity contribution in [3.63, 3.8) is 0 Å². The number of piperidine rings is 1. The van der Waals surface area contributed by atoms with E-state index in [2.05, 4.69) is 4.98 Å². The summed E-state index contributed by atoms with van der Waals surface area (Å²) in [5.74, 6) is -0.766. The molecule has 1 amide bonds. The lowest BCUT2D eigenvalue weighted by Gasteiger charge is -2.35. The van der Waals surface area contributed by atoms with E-state index in [-0.39, 0.29) is 17.9 Å². The van der Waals surface area contributed by atoms with Crippen LogP contribution in [0.3, 0.4) is 0 Å². The molecule has 0 bridgehead atoms. The Morgan fingerprint density at radius 3 is 2.64 bits per heavy atom. The summed E-state index contributed by atoms with van der Waals surface area (Å²) in [5, 5.41) is 9.32. The van der Waals surface area contributed by atoms with E-state index in [9.17, 15) is 14.7 Å². The number of rotatable bonds is 4. The largest absolute Gasteiger partial charge is 0.481 e. The molecular formula is C18H24N2O5. The van der Waals surface area contributed by atoms with Gasteiger partial charge in [0.1, 0.15) is 5.56 Å².